The largest absolute Gasteiger partial charge is 0.493 e. The average molecular weight is 427 g/mol. The SMILES string of the molecule is CCOc1c(Cl)cc(C(=O)OCC(=O)NC(=O)N[C@H]2CCCC[C@@H]2C)cc1OC. The van der Waals surface area contributed by atoms with E-state index in [1.807, 2.05) is 0 Å². The molecule has 0 spiro atoms. The quantitative estimate of drug-likeness (QED) is 0.648. The van der Waals surface area contributed by atoms with Crippen LogP contribution in [0.1, 0.15) is 49.9 Å². The number of esters is 1. The molecule has 1 aliphatic carbocycles. The van der Waals surface area contributed by atoms with Crippen molar-refractivity contribution in [2.45, 2.75) is 45.6 Å². The first kappa shape index (κ1) is 22.8. The summed E-state index contributed by atoms with van der Waals surface area (Å²) >= 11 is 6.13. The fourth-order valence-corrected chi connectivity index (χ4v) is 3.50. The molecular formula is C20H27ClN2O6. The monoisotopic (exact) mass is 426 g/mol. The van der Waals surface area contributed by atoms with Crippen LogP contribution in [0.5, 0.6) is 11.5 Å². The zero-order valence-electron chi connectivity index (χ0n) is 16.9. The van der Waals surface area contributed by atoms with E-state index in [9.17, 15) is 14.4 Å². The van der Waals surface area contributed by atoms with E-state index in [4.69, 9.17) is 25.8 Å². The highest BCUT2D eigenvalue weighted by molar-refractivity contribution is 6.32. The van der Waals surface area contributed by atoms with Crippen molar-refractivity contribution < 1.29 is 28.6 Å². The molecule has 0 heterocycles. The van der Waals surface area contributed by atoms with Crippen molar-refractivity contribution in [2.75, 3.05) is 20.3 Å². The molecule has 8 nitrogen and oxygen atoms in total. The van der Waals surface area contributed by atoms with Crippen molar-refractivity contribution in [2.24, 2.45) is 5.92 Å². The summed E-state index contributed by atoms with van der Waals surface area (Å²) in [4.78, 5) is 36.1. The van der Waals surface area contributed by atoms with Crippen molar-refractivity contribution in [1.82, 2.24) is 10.6 Å². The number of ether oxygens (including phenoxy) is 3. The lowest BCUT2D eigenvalue weighted by Crippen LogP contribution is -2.48. The van der Waals surface area contributed by atoms with Crippen LogP contribution in [0.3, 0.4) is 0 Å². The zero-order valence-corrected chi connectivity index (χ0v) is 17.6. The number of rotatable bonds is 7. The Labute approximate surface area is 175 Å². The van der Waals surface area contributed by atoms with Crippen molar-refractivity contribution in [3.8, 4) is 11.5 Å². The molecule has 0 unspecified atom stereocenters. The average Bonchev–Trinajstić information content (AvgIpc) is 2.69. The lowest BCUT2D eigenvalue weighted by molar-refractivity contribution is -0.123. The summed E-state index contributed by atoms with van der Waals surface area (Å²) in [6.07, 6.45) is 4.13. The molecule has 2 rings (SSSR count). The van der Waals surface area contributed by atoms with Crippen molar-refractivity contribution >= 4 is 29.5 Å². The van der Waals surface area contributed by atoms with Gasteiger partial charge in [-0.05, 0) is 37.8 Å². The molecule has 1 fully saturated rings. The van der Waals surface area contributed by atoms with E-state index in [1.165, 1.54) is 19.2 Å². The van der Waals surface area contributed by atoms with E-state index in [2.05, 4.69) is 17.6 Å². The second-order valence-electron chi connectivity index (χ2n) is 6.89. The van der Waals surface area contributed by atoms with Crippen LogP contribution >= 0.6 is 11.6 Å². The number of imide groups is 1. The number of amides is 3. The van der Waals surface area contributed by atoms with Gasteiger partial charge in [0.1, 0.15) is 0 Å². The van der Waals surface area contributed by atoms with Gasteiger partial charge in [0.2, 0.25) is 0 Å². The van der Waals surface area contributed by atoms with Crippen LogP contribution in [0.2, 0.25) is 5.02 Å². The number of benzene rings is 1. The molecule has 1 aromatic carbocycles. The molecule has 2 N–H and O–H groups in total. The summed E-state index contributed by atoms with van der Waals surface area (Å²) in [6, 6.07) is 2.23. The number of carbonyl (C=O) groups excluding carboxylic acids is 3. The first-order chi connectivity index (χ1) is 13.8. The number of urea groups is 1. The van der Waals surface area contributed by atoms with Crippen molar-refractivity contribution in [1.29, 1.82) is 0 Å². The van der Waals surface area contributed by atoms with Crippen LogP contribution in [0.25, 0.3) is 0 Å². The van der Waals surface area contributed by atoms with Gasteiger partial charge < -0.3 is 19.5 Å². The molecule has 0 saturated heterocycles. The van der Waals surface area contributed by atoms with E-state index in [-0.39, 0.29) is 22.4 Å². The highest BCUT2D eigenvalue weighted by Gasteiger charge is 2.24. The standard InChI is InChI=1S/C20H27ClN2O6/c1-4-28-18-14(21)9-13(10-16(18)27-3)19(25)29-11-17(24)23-20(26)22-15-8-6-5-7-12(15)2/h9-10,12,15H,4-8,11H2,1-3H3,(H2,22,23,24,26)/t12-,15-/m0/s1. The van der Waals surface area contributed by atoms with Crippen LogP contribution in [0, 0.1) is 5.92 Å². The molecular weight excluding hydrogens is 400 g/mol. The predicted molar refractivity (Wildman–Crippen MR) is 108 cm³/mol. The lowest BCUT2D eigenvalue weighted by atomic mass is 9.86. The maximum atomic E-state index is 12.2. The minimum Gasteiger partial charge on any atom is -0.493 e. The first-order valence-corrected chi connectivity index (χ1v) is 10.0. The molecule has 29 heavy (non-hydrogen) atoms. The molecule has 0 bridgehead atoms. The molecule has 160 valence electrons. The van der Waals surface area contributed by atoms with Gasteiger partial charge in [-0.25, -0.2) is 9.59 Å². The topological polar surface area (TPSA) is 103 Å². The second-order valence-corrected chi connectivity index (χ2v) is 7.30. The predicted octanol–water partition coefficient (Wildman–Crippen LogP) is 3.31. The Morgan fingerprint density at radius 3 is 2.59 bits per heavy atom. The molecule has 9 heteroatoms. The van der Waals surface area contributed by atoms with Gasteiger partial charge in [-0.3, -0.25) is 10.1 Å². The molecule has 1 aliphatic rings. The van der Waals surface area contributed by atoms with E-state index in [1.54, 1.807) is 6.92 Å². The number of carbonyl (C=O) groups is 3. The summed E-state index contributed by atoms with van der Waals surface area (Å²) < 4.78 is 15.5. The Morgan fingerprint density at radius 1 is 1.21 bits per heavy atom. The van der Waals surface area contributed by atoms with Gasteiger partial charge in [0.05, 0.1) is 24.3 Å². The third-order valence-corrected chi connectivity index (χ3v) is 5.05. The van der Waals surface area contributed by atoms with Gasteiger partial charge in [0.15, 0.2) is 18.1 Å². The fourth-order valence-electron chi connectivity index (χ4n) is 3.23. The molecule has 0 radical (unpaired) electrons. The van der Waals surface area contributed by atoms with Gasteiger partial charge in [-0.15, -0.1) is 0 Å². The van der Waals surface area contributed by atoms with Crippen LogP contribution in [0.15, 0.2) is 12.1 Å². The number of halogens is 1. The Morgan fingerprint density at radius 2 is 1.93 bits per heavy atom. The van der Waals surface area contributed by atoms with Crippen LogP contribution in [-0.4, -0.2) is 44.3 Å². The Hall–Kier alpha value is -2.48. The highest BCUT2D eigenvalue weighted by atomic mass is 35.5. The Balaban J connectivity index is 1.87. The summed E-state index contributed by atoms with van der Waals surface area (Å²) in [6.45, 7) is 3.65. The summed E-state index contributed by atoms with van der Waals surface area (Å²) in [5.74, 6) is -0.536. The Kier molecular flexibility index (Phi) is 8.57. The van der Waals surface area contributed by atoms with E-state index in [0.717, 1.165) is 25.7 Å². The van der Waals surface area contributed by atoms with Crippen LogP contribution in [-0.2, 0) is 9.53 Å². The third kappa shape index (κ3) is 6.52. The van der Waals surface area contributed by atoms with Crippen molar-refractivity contribution in [3.05, 3.63) is 22.7 Å². The van der Waals surface area contributed by atoms with E-state index < -0.39 is 24.5 Å². The number of methoxy groups -OCH3 is 1. The summed E-state index contributed by atoms with van der Waals surface area (Å²) in [5, 5.41) is 5.16. The van der Waals surface area contributed by atoms with E-state index in [0.29, 0.717) is 18.3 Å². The fraction of sp³-hybridized carbons (Fsp3) is 0.550. The first-order valence-electron chi connectivity index (χ1n) is 9.63. The van der Waals surface area contributed by atoms with Gasteiger partial charge in [-0.2, -0.15) is 0 Å². The molecule has 3 amide bonds. The maximum absolute atomic E-state index is 12.2. The molecule has 1 saturated carbocycles. The number of hydrogen-bond acceptors (Lipinski definition) is 6. The summed E-state index contributed by atoms with van der Waals surface area (Å²) in [7, 11) is 1.42. The second kappa shape index (κ2) is 10.9. The zero-order chi connectivity index (χ0) is 21.4. The number of hydrogen-bond donors (Lipinski definition) is 2. The minimum atomic E-state index is -0.773. The molecule has 1 aromatic rings. The summed E-state index contributed by atoms with van der Waals surface area (Å²) in [5.41, 5.74) is 0.101. The normalized spacial score (nSPS) is 18.5. The van der Waals surface area contributed by atoms with E-state index >= 15 is 0 Å². The van der Waals surface area contributed by atoms with Gasteiger partial charge >= 0.3 is 12.0 Å². The highest BCUT2D eigenvalue weighted by Crippen LogP contribution is 2.36. The van der Waals surface area contributed by atoms with Crippen LogP contribution < -0.4 is 20.1 Å². The lowest BCUT2D eigenvalue weighted by Gasteiger charge is -2.29. The van der Waals surface area contributed by atoms with Crippen LogP contribution in [0.4, 0.5) is 4.79 Å². The maximum Gasteiger partial charge on any atom is 0.338 e. The smallest absolute Gasteiger partial charge is 0.338 e. The van der Waals surface area contributed by atoms with Gasteiger partial charge in [0, 0.05) is 6.04 Å². The number of nitrogens with one attached hydrogen (secondary N) is 2. The molecule has 0 aromatic heterocycles. The van der Waals surface area contributed by atoms with Gasteiger partial charge in [0.25, 0.3) is 5.91 Å². The Bertz CT molecular complexity index is 755. The third-order valence-electron chi connectivity index (χ3n) is 4.77. The minimum absolute atomic E-state index is 0.0394. The van der Waals surface area contributed by atoms with Crippen molar-refractivity contribution in [3.63, 3.8) is 0 Å². The van der Waals surface area contributed by atoms with Gasteiger partial charge in [-0.1, -0.05) is 31.4 Å². The molecule has 0 aliphatic heterocycles. The molecule has 2 atom stereocenters.